The van der Waals surface area contributed by atoms with Crippen molar-refractivity contribution in [1.82, 2.24) is 8.96 Å². The lowest BCUT2D eigenvalue weighted by atomic mass is 9.89. The molecular formula is C36H28BN3O. The van der Waals surface area contributed by atoms with Gasteiger partial charge >= 0.3 is 7.19 Å². The van der Waals surface area contributed by atoms with Crippen LogP contribution in [0.3, 0.4) is 0 Å². The van der Waals surface area contributed by atoms with E-state index in [-0.39, 0.29) is 0 Å². The van der Waals surface area contributed by atoms with Crippen molar-refractivity contribution in [3.63, 3.8) is 0 Å². The van der Waals surface area contributed by atoms with Gasteiger partial charge in [-0.25, -0.2) is 4.99 Å². The zero-order valence-electron chi connectivity index (χ0n) is 23.3. The fraction of sp³-hybridized carbons (Fsp3) is 0.0833. The maximum Gasteiger partial charge on any atom is 0.555 e. The van der Waals surface area contributed by atoms with Crippen LogP contribution in [-0.4, -0.2) is 26.9 Å². The molecule has 5 heterocycles. The Labute approximate surface area is 239 Å². The van der Waals surface area contributed by atoms with Crippen molar-refractivity contribution < 1.29 is 5.02 Å². The minimum absolute atomic E-state index is 0.893. The summed E-state index contributed by atoms with van der Waals surface area (Å²) in [4.78, 5) is 5.26. The molecule has 0 atom stereocenters. The van der Waals surface area contributed by atoms with E-state index < -0.39 is 7.19 Å². The van der Waals surface area contributed by atoms with Gasteiger partial charge in [-0.3, -0.25) is 0 Å². The molecule has 0 radical (unpaired) electrons. The normalized spacial score (nSPS) is 15.1. The maximum atomic E-state index is 12.3. The van der Waals surface area contributed by atoms with Crippen molar-refractivity contribution in [2.45, 2.75) is 20.8 Å². The van der Waals surface area contributed by atoms with E-state index in [0.29, 0.717) is 0 Å². The van der Waals surface area contributed by atoms with Crippen molar-refractivity contribution >= 4 is 29.6 Å². The lowest BCUT2D eigenvalue weighted by Crippen LogP contribution is -2.51. The summed E-state index contributed by atoms with van der Waals surface area (Å²) in [5.41, 5.74) is 13.7. The Morgan fingerprint density at radius 3 is 1.54 bits per heavy atom. The number of rotatable bonds is 3. The third kappa shape index (κ3) is 3.56. The van der Waals surface area contributed by atoms with Crippen LogP contribution in [0.15, 0.2) is 120 Å². The molecule has 0 unspecified atom stereocenters. The van der Waals surface area contributed by atoms with Gasteiger partial charge in [0.25, 0.3) is 0 Å². The van der Waals surface area contributed by atoms with Crippen molar-refractivity contribution in [1.29, 1.82) is 0 Å². The number of nitrogens with zero attached hydrogens (tertiary/aromatic N) is 3. The van der Waals surface area contributed by atoms with E-state index in [1.54, 1.807) is 0 Å². The second kappa shape index (κ2) is 8.82. The molecule has 0 aliphatic carbocycles. The number of benzene rings is 3. The van der Waals surface area contributed by atoms with Crippen LogP contribution in [0.1, 0.15) is 44.8 Å². The van der Waals surface area contributed by atoms with E-state index in [2.05, 4.69) is 139 Å². The van der Waals surface area contributed by atoms with Gasteiger partial charge in [-0.2, -0.15) is 0 Å². The summed E-state index contributed by atoms with van der Waals surface area (Å²) in [6.45, 7) is 6.31. The molecule has 1 N–H and O–H groups in total. The number of aliphatic imine (C=N–C) groups is 1. The largest absolute Gasteiger partial charge is 0.555 e. The smallest absolute Gasteiger partial charge is 0.413 e. The highest BCUT2D eigenvalue weighted by Crippen LogP contribution is 2.36. The van der Waals surface area contributed by atoms with Gasteiger partial charge in [0.2, 0.25) is 0 Å². The van der Waals surface area contributed by atoms with E-state index in [4.69, 9.17) is 4.99 Å². The quantitative estimate of drug-likeness (QED) is 0.324. The number of allylic oxidation sites excluding steroid dienone is 2. The van der Waals surface area contributed by atoms with Crippen LogP contribution in [-0.2, 0) is 0 Å². The fourth-order valence-electron chi connectivity index (χ4n) is 6.41. The standard InChI is InChI=1S/C36H28BN3O/c1-22-4-10-25(11-5-22)34-28-16-17-29(38-28)35(26-12-6-23(2)7-13-26)31-19-21-33-36(27-14-8-24(3)9-15-27)32-20-18-30(34)39(32)37(41)40(31)33/h4-21,41H,1-3H3. The zero-order chi connectivity index (χ0) is 27.8. The average Bonchev–Trinajstić information content (AvgIpc) is 3.73. The Bertz CT molecular complexity index is 2100. The SMILES string of the molecule is Cc1ccc(C2=C3C=CC(=N3)C(c3ccc(C)cc3)=c3ccc4n3B(O)n3c2ccc3C=4c2ccc(C)cc2)cc1. The van der Waals surface area contributed by atoms with Crippen molar-refractivity contribution in [2.75, 3.05) is 0 Å². The predicted octanol–water partition coefficient (Wildman–Crippen LogP) is 5.13. The van der Waals surface area contributed by atoms with E-state index in [1.165, 1.54) is 16.7 Å². The first kappa shape index (κ1) is 24.0. The highest BCUT2D eigenvalue weighted by Gasteiger charge is 2.35. The molecule has 0 amide bonds. The van der Waals surface area contributed by atoms with Crippen LogP contribution in [0.5, 0.6) is 0 Å². The van der Waals surface area contributed by atoms with Gasteiger partial charge in [-0.05, 0) is 73.9 Å². The summed E-state index contributed by atoms with van der Waals surface area (Å²) >= 11 is 0. The molecule has 3 aliphatic rings. The Kier molecular flexibility index (Phi) is 5.16. The molecular weight excluding hydrogens is 501 g/mol. The molecule has 3 aromatic carbocycles. The first-order chi connectivity index (χ1) is 20.0. The van der Waals surface area contributed by atoms with Crippen LogP contribution < -0.4 is 10.7 Å². The molecule has 5 heteroatoms. The molecule has 3 aliphatic heterocycles. The average molecular weight is 529 g/mol. The summed E-state index contributed by atoms with van der Waals surface area (Å²) in [6.07, 6.45) is 4.23. The molecule has 8 rings (SSSR count). The number of hydrogen-bond donors (Lipinski definition) is 1. The van der Waals surface area contributed by atoms with Crippen molar-refractivity contribution in [3.8, 4) is 0 Å². The highest BCUT2D eigenvalue weighted by atomic mass is 16.2. The van der Waals surface area contributed by atoms with Crippen LogP contribution in [0.2, 0.25) is 0 Å². The van der Waals surface area contributed by atoms with Crippen LogP contribution in [0.25, 0.3) is 16.7 Å². The molecule has 2 aromatic heterocycles. The molecule has 4 nitrogen and oxygen atoms in total. The lowest BCUT2D eigenvalue weighted by molar-refractivity contribution is 0.529. The zero-order valence-corrected chi connectivity index (χ0v) is 23.3. The molecule has 0 fully saturated rings. The molecule has 0 saturated heterocycles. The van der Waals surface area contributed by atoms with Gasteiger partial charge in [0.15, 0.2) is 0 Å². The van der Waals surface area contributed by atoms with Gasteiger partial charge in [0, 0.05) is 38.8 Å². The van der Waals surface area contributed by atoms with Gasteiger partial charge in [-0.15, -0.1) is 0 Å². The van der Waals surface area contributed by atoms with Crippen LogP contribution in [0.4, 0.5) is 0 Å². The van der Waals surface area contributed by atoms with Gasteiger partial charge < -0.3 is 14.0 Å². The molecule has 41 heavy (non-hydrogen) atoms. The van der Waals surface area contributed by atoms with Crippen molar-refractivity contribution in [2.24, 2.45) is 4.99 Å². The Balaban J connectivity index is 1.56. The van der Waals surface area contributed by atoms with Crippen LogP contribution in [0, 0.1) is 20.8 Å². The third-order valence-electron chi connectivity index (χ3n) is 8.50. The number of fused-ring (bicyclic) bond motifs is 1. The van der Waals surface area contributed by atoms with Gasteiger partial charge in [0.1, 0.15) is 0 Å². The summed E-state index contributed by atoms with van der Waals surface area (Å²) in [6, 6.07) is 34.4. The van der Waals surface area contributed by atoms with E-state index >= 15 is 0 Å². The van der Waals surface area contributed by atoms with Gasteiger partial charge in [-0.1, -0.05) is 89.5 Å². The van der Waals surface area contributed by atoms with E-state index in [1.807, 2.05) is 0 Å². The highest BCUT2D eigenvalue weighted by molar-refractivity contribution is 6.49. The summed E-state index contributed by atoms with van der Waals surface area (Å²) in [7, 11) is -0.927. The second-order valence-corrected chi connectivity index (χ2v) is 11.2. The predicted molar refractivity (Wildman–Crippen MR) is 167 cm³/mol. The molecule has 5 aromatic rings. The Morgan fingerprint density at radius 1 is 0.512 bits per heavy atom. The Morgan fingerprint density at radius 2 is 0.976 bits per heavy atom. The van der Waals surface area contributed by atoms with Crippen LogP contribution >= 0.6 is 0 Å². The monoisotopic (exact) mass is 529 g/mol. The second-order valence-electron chi connectivity index (χ2n) is 11.2. The lowest BCUT2D eigenvalue weighted by Gasteiger charge is -2.27. The molecule has 196 valence electrons. The van der Waals surface area contributed by atoms with Gasteiger partial charge in [0.05, 0.1) is 11.4 Å². The minimum Gasteiger partial charge on any atom is -0.413 e. The summed E-state index contributed by atoms with van der Waals surface area (Å²) < 4.78 is 4.15. The van der Waals surface area contributed by atoms with E-state index in [0.717, 1.165) is 66.9 Å². The number of aryl methyl sites for hydroxylation is 3. The third-order valence-corrected chi connectivity index (χ3v) is 8.50. The summed E-state index contributed by atoms with van der Waals surface area (Å²) in [5.74, 6) is 0. The number of aromatic nitrogens is 2. The molecule has 4 bridgehead atoms. The van der Waals surface area contributed by atoms with Crippen molar-refractivity contribution in [3.05, 3.63) is 170 Å². The molecule has 0 saturated carbocycles. The summed E-state index contributed by atoms with van der Waals surface area (Å²) in [5, 5.41) is 14.2. The maximum absolute atomic E-state index is 12.3. The topological polar surface area (TPSA) is 42.4 Å². The first-order valence-corrected chi connectivity index (χ1v) is 14.1. The Hall–Kier alpha value is -4.87. The minimum atomic E-state index is -0.927. The van der Waals surface area contributed by atoms with E-state index in [9.17, 15) is 5.02 Å². The fourth-order valence-corrected chi connectivity index (χ4v) is 6.41. The first-order valence-electron chi connectivity index (χ1n) is 14.1. The number of hydrogen-bond acceptors (Lipinski definition) is 2. The molecule has 0 spiro atoms.